The topological polar surface area (TPSA) is 49.4 Å². The lowest BCUT2D eigenvalue weighted by Gasteiger charge is -2.31. The largest absolute Gasteiger partial charge is 0.338 e. The predicted octanol–water partition coefficient (Wildman–Crippen LogP) is 3.55. The van der Waals surface area contributed by atoms with Gasteiger partial charge in [-0.1, -0.05) is 18.2 Å². The van der Waals surface area contributed by atoms with Crippen molar-refractivity contribution in [3.8, 4) is 0 Å². The third-order valence-electron chi connectivity index (χ3n) is 4.25. The lowest BCUT2D eigenvalue weighted by Crippen LogP contribution is -2.41. The Labute approximate surface area is 140 Å². The van der Waals surface area contributed by atoms with Crippen LogP contribution in [0.2, 0.25) is 0 Å². The minimum atomic E-state index is -0.0244. The Morgan fingerprint density at radius 3 is 2.43 bits per heavy atom. The molecular weight excluding hydrogens is 308 g/mol. The maximum Gasteiger partial charge on any atom is 0.264 e. The summed E-state index contributed by atoms with van der Waals surface area (Å²) in [6, 6.07) is 11.5. The normalized spacial score (nSPS) is 15.4. The lowest BCUT2D eigenvalue weighted by atomic mass is 9.95. The Morgan fingerprint density at radius 2 is 1.83 bits per heavy atom. The highest BCUT2D eigenvalue weighted by molar-refractivity contribution is 7.12. The van der Waals surface area contributed by atoms with E-state index in [2.05, 4.69) is 5.32 Å². The first kappa shape index (κ1) is 15.7. The first-order valence-corrected chi connectivity index (χ1v) is 8.72. The number of thiophene rings is 1. The van der Waals surface area contributed by atoms with Gasteiger partial charge in [-0.2, -0.15) is 0 Å². The van der Waals surface area contributed by atoms with Crippen molar-refractivity contribution in [3.63, 3.8) is 0 Å². The molecule has 3 rings (SSSR count). The molecule has 2 amide bonds. The van der Waals surface area contributed by atoms with Crippen LogP contribution in [0, 0.1) is 12.8 Å². The van der Waals surface area contributed by atoms with Crippen molar-refractivity contribution >= 4 is 28.8 Å². The molecule has 1 aromatic carbocycles. The van der Waals surface area contributed by atoms with Gasteiger partial charge in [-0.3, -0.25) is 9.59 Å². The molecule has 2 heterocycles. The van der Waals surface area contributed by atoms with Gasteiger partial charge in [0.05, 0.1) is 4.88 Å². The average molecular weight is 328 g/mol. The molecule has 0 atom stereocenters. The number of hydrogen-bond acceptors (Lipinski definition) is 3. The third kappa shape index (κ3) is 3.62. The van der Waals surface area contributed by atoms with Gasteiger partial charge in [0.2, 0.25) is 5.91 Å². The smallest absolute Gasteiger partial charge is 0.264 e. The standard InChI is InChI=1S/C18H20N2O2S/c1-13-9-12-23-16(13)18(22)20-10-7-14(8-11-20)17(21)19-15-5-3-2-4-6-15/h2-6,9,12,14H,7-8,10-11H2,1H3,(H,19,21). The van der Waals surface area contributed by atoms with E-state index < -0.39 is 0 Å². The van der Waals surface area contributed by atoms with Crippen molar-refractivity contribution in [2.45, 2.75) is 19.8 Å². The van der Waals surface area contributed by atoms with Gasteiger partial charge in [-0.05, 0) is 48.9 Å². The van der Waals surface area contributed by atoms with Gasteiger partial charge in [0.15, 0.2) is 0 Å². The number of aryl methyl sites for hydroxylation is 1. The molecule has 0 bridgehead atoms. The number of anilines is 1. The summed E-state index contributed by atoms with van der Waals surface area (Å²) < 4.78 is 0. The molecule has 1 aromatic heterocycles. The summed E-state index contributed by atoms with van der Waals surface area (Å²) in [6.07, 6.45) is 1.43. The Bertz CT molecular complexity index is 688. The fourth-order valence-corrected chi connectivity index (χ4v) is 3.74. The van der Waals surface area contributed by atoms with E-state index >= 15 is 0 Å². The Kier molecular flexibility index (Phi) is 4.76. The second-order valence-corrected chi connectivity index (χ2v) is 6.77. The zero-order valence-corrected chi connectivity index (χ0v) is 13.9. The number of rotatable bonds is 3. The summed E-state index contributed by atoms with van der Waals surface area (Å²) in [4.78, 5) is 27.5. The zero-order valence-electron chi connectivity index (χ0n) is 13.1. The lowest BCUT2D eigenvalue weighted by molar-refractivity contribution is -0.121. The number of piperidine rings is 1. The molecule has 23 heavy (non-hydrogen) atoms. The minimum Gasteiger partial charge on any atom is -0.338 e. The number of nitrogens with zero attached hydrogens (tertiary/aromatic N) is 1. The van der Waals surface area contributed by atoms with E-state index in [1.165, 1.54) is 11.3 Å². The van der Waals surface area contributed by atoms with Crippen LogP contribution in [0.5, 0.6) is 0 Å². The van der Waals surface area contributed by atoms with Gasteiger partial charge < -0.3 is 10.2 Å². The van der Waals surface area contributed by atoms with Crippen LogP contribution in [0.3, 0.4) is 0 Å². The van der Waals surface area contributed by atoms with Crippen LogP contribution in [0.25, 0.3) is 0 Å². The summed E-state index contributed by atoms with van der Waals surface area (Å²) in [7, 11) is 0. The minimum absolute atomic E-state index is 0.0244. The maximum absolute atomic E-state index is 12.5. The molecule has 0 saturated carbocycles. The van der Waals surface area contributed by atoms with Gasteiger partial charge in [-0.15, -0.1) is 11.3 Å². The number of para-hydroxylation sites is 1. The Morgan fingerprint density at radius 1 is 1.13 bits per heavy atom. The van der Waals surface area contributed by atoms with Crippen LogP contribution in [0.15, 0.2) is 41.8 Å². The molecule has 0 radical (unpaired) electrons. The molecule has 1 saturated heterocycles. The van der Waals surface area contributed by atoms with Crippen LogP contribution < -0.4 is 5.32 Å². The van der Waals surface area contributed by atoms with Gasteiger partial charge >= 0.3 is 0 Å². The zero-order chi connectivity index (χ0) is 16.2. The Hall–Kier alpha value is -2.14. The van der Waals surface area contributed by atoms with Gasteiger partial charge in [0.1, 0.15) is 0 Å². The van der Waals surface area contributed by atoms with Crippen LogP contribution in [-0.2, 0) is 4.79 Å². The summed E-state index contributed by atoms with van der Waals surface area (Å²) in [5, 5.41) is 4.90. The van der Waals surface area contributed by atoms with E-state index in [0.717, 1.165) is 29.0 Å². The monoisotopic (exact) mass is 328 g/mol. The van der Waals surface area contributed by atoms with Gasteiger partial charge in [0.25, 0.3) is 5.91 Å². The van der Waals surface area contributed by atoms with E-state index in [0.29, 0.717) is 13.1 Å². The van der Waals surface area contributed by atoms with Crippen molar-refractivity contribution in [3.05, 3.63) is 52.2 Å². The van der Waals surface area contributed by atoms with Crippen molar-refractivity contribution < 1.29 is 9.59 Å². The molecule has 5 heteroatoms. The number of benzene rings is 1. The first-order chi connectivity index (χ1) is 11.1. The second-order valence-electron chi connectivity index (χ2n) is 5.85. The molecule has 0 aliphatic carbocycles. The van der Waals surface area contributed by atoms with E-state index in [-0.39, 0.29) is 17.7 Å². The van der Waals surface area contributed by atoms with Gasteiger partial charge in [-0.25, -0.2) is 0 Å². The second kappa shape index (κ2) is 6.96. The maximum atomic E-state index is 12.5. The van der Waals surface area contributed by atoms with E-state index in [9.17, 15) is 9.59 Å². The fourth-order valence-electron chi connectivity index (χ4n) is 2.85. The molecule has 1 aliphatic rings. The van der Waals surface area contributed by atoms with Crippen LogP contribution in [0.1, 0.15) is 28.1 Å². The number of carbonyl (C=O) groups excluding carboxylic acids is 2. The molecule has 4 nitrogen and oxygen atoms in total. The van der Waals surface area contributed by atoms with E-state index in [4.69, 9.17) is 0 Å². The summed E-state index contributed by atoms with van der Waals surface area (Å²) in [6.45, 7) is 3.25. The predicted molar refractivity (Wildman–Crippen MR) is 92.8 cm³/mol. The van der Waals surface area contributed by atoms with Crippen molar-refractivity contribution in [2.75, 3.05) is 18.4 Å². The summed E-state index contributed by atoms with van der Waals surface area (Å²) in [5.74, 6) is 0.124. The molecule has 1 fully saturated rings. The first-order valence-electron chi connectivity index (χ1n) is 7.84. The van der Waals surface area contributed by atoms with Crippen LogP contribution in [0.4, 0.5) is 5.69 Å². The van der Waals surface area contributed by atoms with Gasteiger partial charge in [0, 0.05) is 24.7 Å². The third-order valence-corrected chi connectivity index (χ3v) is 5.26. The summed E-state index contributed by atoms with van der Waals surface area (Å²) in [5.41, 5.74) is 1.86. The SMILES string of the molecule is Cc1ccsc1C(=O)N1CCC(C(=O)Nc2ccccc2)CC1. The summed E-state index contributed by atoms with van der Waals surface area (Å²) >= 11 is 1.49. The fraction of sp³-hybridized carbons (Fsp3) is 0.333. The number of amides is 2. The Balaban J connectivity index is 1.55. The molecule has 1 aliphatic heterocycles. The van der Waals surface area contributed by atoms with Crippen LogP contribution >= 0.6 is 11.3 Å². The molecular formula is C18H20N2O2S. The quantitative estimate of drug-likeness (QED) is 0.937. The average Bonchev–Trinajstić information content (AvgIpc) is 3.01. The number of hydrogen-bond donors (Lipinski definition) is 1. The molecule has 2 aromatic rings. The molecule has 0 spiro atoms. The number of nitrogens with one attached hydrogen (secondary N) is 1. The highest BCUT2D eigenvalue weighted by Crippen LogP contribution is 2.24. The number of likely N-dealkylation sites (tertiary alicyclic amines) is 1. The molecule has 0 unspecified atom stereocenters. The number of carbonyl (C=O) groups is 2. The molecule has 1 N–H and O–H groups in total. The highest BCUT2D eigenvalue weighted by Gasteiger charge is 2.28. The van der Waals surface area contributed by atoms with Crippen molar-refractivity contribution in [1.29, 1.82) is 0 Å². The van der Waals surface area contributed by atoms with Crippen LogP contribution in [-0.4, -0.2) is 29.8 Å². The van der Waals surface area contributed by atoms with Crippen molar-refractivity contribution in [1.82, 2.24) is 4.90 Å². The van der Waals surface area contributed by atoms with Crippen molar-refractivity contribution in [2.24, 2.45) is 5.92 Å². The van der Waals surface area contributed by atoms with E-state index in [1.54, 1.807) is 0 Å². The van der Waals surface area contributed by atoms with E-state index in [1.807, 2.05) is 53.6 Å². The molecule has 120 valence electrons. The highest BCUT2D eigenvalue weighted by atomic mass is 32.1.